The number of halogens is 1. The van der Waals surface area contributed by atoms with Gasteiger partial charge in [0.25, 0.3) is 5.91 Å². The number of carbonyl (C=O) groups is 2. The van der Waals surface area contributed by atoms with Gasteiger partial charge in [-0.25, -0.2) is 4.98 Å². The number of hydrogen-bond acceptors (Lipinski definition) is 6. The highest BCUT2D eigenvalue weighted by Gasteiger charge is 2.28. The largest absolute Gasteiger partial charge is 0.482 e. The molecule has 0 radical (unpaired) electrons. The summed E-state index contributed by atoms with van der Waals surface area (Å²) >= 11 is 9.17. The van der Waals surface area contributed by atoms with Gasteiger partial charge in [0.1, 0.15) is 10.8 Å². The first-order valence-electron chi connectivity index (χ1n) is 9.45. The zero-order valence-electron chi connectivity index (χ0n) is 16.1. The van der Waals surface area contributed by atoms with E-state index in [4.69, 9.17) is 21.3 Å². The van der Waals surface area contributed by atoms with Crippen molar-refractivity contribution in [3.63, 3.8) is 0 Å². The summed E-state index contributed by atoms with van der Waals surface area (Å²) in [5.41, 5.74) is 3.05. The molecular weight excluding hydrogens is 452 g/mol. The highest BCUT2D eigenvalue weighted by molar-refractivity contribution is 7.13. The molecule has 0 saturated heterocycles. The number of nitrogens with zero attached hydrogens (tertiary/aromatic N) is 2. The Morgan fingerprint density at radius 2 is 2.00 bits per heavy atom. The van der Waals surface area contributed by atoms with Crippen LogP contribution in [0.2, 0.25) is 5.02 Å². The van der Waals surface area contributed by atoms with Crippen molar-refractivity contribution >= 4 is 51.7 Å². The maximum Gasteiger partial charge on any atom is 0.265 e. The predicted octanol–water partition coefficient (Wildman–Crippen LogP) is 5.80. The van der Waals surface area contributed by atoms with Crippen LogP contribution in [0.5, 0.6) is 5.75 Å². The Morgan fingerprint density at radius 1 is 1.13 bits per heavy atom. The van der Waals surface area contributed by atoms with Crippen LogP contribution >= 0.6 is 34.3 Å². The quantitative estimate of drug-likeness (QED) is 0.349. The van der Waals surface area contributed by atoms with Crippen LogP contribution in [0.25, 0.3) is 21.8 Å². The molecule has 31 heavy (non-hydrogen) atoms. The molecule has 3 heterocycles. The summed E-state index contributed by atoms with van der Waals surface area (Å²) in [6.07, 6.45) is 0. The molecule has 0 aliphatic carbocycles. The van der Waals surface area contributed by atoms with E-state index in [2.05, 4.69) is 0 Å². The number of anilines is 1. The SMILES string of the molecule is O=C(CN1C(=O)COc2ccc(-c3csc(-c4ccccc4Cl)n3)cc21)c1cccs1. The van der Waals surface area contributed by atoms with E-state index in [0.717, 1.165) is 21.8 Å². The fourth-order valence-electron chi connectivity index (χ4n) is 3.36. The first kappa shape index (κ1) is 19.9. The molecular formula is C23H15ClN2O3S2. The van der Waals surface area contributed by atoms with Gasteiger partial charge in [-0.2, -0.15) is 0 Å². The molecule has 0 fully saturated rings. The average Bonchev–Trinajstić information content (AvgIpc) is 3.48. The van der Waals surface area contributed by atoms with Gasteiger partial charge in [-0.05, 0) is 35.7 Å². The standard InChI is InChI=1S/C23H15ClN2O3S2/c24-16-5-2-1-4-15(16)23-25-17(13-31-23)14-7-8-20-18(10-14)26(22(28)12-29-20)11-19(27)21-6-3-9-30-21/h1-10,13H,11-12H2. The molecule has 5 rings (SSSR count). The molecule has 4 aromatic rings. The Hall–Kier alpha value is -3.00. The Kier molecular flexibility index (Phi) is 5.31. The molecule has 0 unspecified atom stereocenters. The summed E-state index contributed by atoms with van der Waals surface area (Å²) in [5.74, 6) is 0.227. The monoisotopic (exact) mass is 466 g/mol. The van der Waals surface area contributed by atoms with E-state index < -0.39 is 0 Å². The van der Waals surface area contributed by atoms with Gasteiger partial charge in [-0.1, -0.05) is 35.9 Å². The van der Waals surface area contributed by atoms with E-state index in [1.54, 1.807) is 6.07 Å². The number of fused-ring (bicyclic) bond motifs is 1. The van der Waals surface area contributed by atoms with Gasteiger partial charge in [0, 0.05) is 16.5 Å². The summed E-state index contributed by atoms with van der Waals surface area (Å²) in [5, 5.41) is 5.26. The highest BCUT2D eigenvalue weighted by Crippen LogP contribution is 2.38. The van der Waals surface area contributed by atoms with Crippen LogP contribution in [0.4, 0.5) is 5.69 Å². The molecule has 0 atom stereocenters. The molecule has 0 saturated carbocycles. The molecule has 0 spiro atoms. The summed E-state index contributed by atoms with van der Waals surface area (Å²) < 4.78 is 5.58. The minimum absolute atomic E-state index is 0.0267. The lowest BCUT2D eigenvalue weighted by Crippen LogP contribution is -2.41. The van der Waals surface area contributed by atoms with Gasteiger partial charge >= 0.3 is 0 Å². The van der Waals surface area contributed by atoms with Crippen LogP contribution in [0, 0.1) is 0 Å². The number of ketones is 1. The van der Waals surface area contributed by atoms with Crippen LogP contribution in [-0.2, 0) is 4.79 Å². The number of amides is 1. The topological polar surface area (TPSA) is 59.5 Å². The lowest BCUT2D eigenvalue weighted by Gasteiger charge is -2.29. The van der Waals surface area contributed by atoms with E-state index in [0.29, 0.717) is 21.3 Å². The first-order chi connectivity index (χ1) is 15.1. The van der Waals surface area contributed by atoms with Gasteiger partial charge in [-0.3, -0.25) is 14.5 Å². The average molecular weight is 467 g/mol. The molecule has 1 amide bonds. The van der Waals surface area contributed by atoms with Crippen molar-refractivity contribution in [2.75, 3.05) is 18.1 Å². The second-order valence-electron chi connectivity index (χ2n) is 6.87. The van der Waals surface area contributed by atoms with Gasteiger partial charge in [-0.15, -0.1) is 22.7 Å². The summed E-state index contributed by atoms with van der Waals surface area (Å²) in [7, 11) is 0. The fourth-order valence-corrected chi connectivity index (χ4v) is 5.16. The smallest absolute Gasteiger partial charge is 0.265 e. The van der Waals surface area contributed by atoms with Crippen molar-refractivity contribution in [2.24, 2.45) is 0 Å². The van der Waals surface area contributed by atoms with E-state index in [1.165, 1.54) is 27.6 Å². The summed E-state index contributed by atoms with van der Waals surface area (Å²) in [4.78, 5) is 32.0. The molecule has 8 heteroatoms. The van der Waals surface area contributed by atoms with Crippen molar-refractivity contribution in [3.8, 4) is 27.6 Å². The lowest BCUT2D eigenvalue weighted by molar-refractivity contribution is -0.121. The van der Waals surface area contributed by atoms with Crippen LogP contribution < -0.4 is 9.64 Å². The van der Waals surface area contributed by atoms with Gasteiger partial charge in [0.05, 0.1) is 27.8 Å². The van der Waals surface area contributed by atoms with Crippen molar-refractivity contribution < 1.29 is 14.3 Å². The third-order valence-electron chi connectivity index (χ3n) is 4.90. The number of carbonyl (C=O) groups excluding carboxylic acids is 2. The van der Waals surface area contributed by atoms with Crippen LogP contribution in [0.3, 0.4) is 0 Å². The van der Waals surface area contributed by atoms with E-state index in [1.807, 2.05) is 59.3 Å². The maximum absolute atomic E-state index is 12.6. The van der Waals surface area contributed by atoms with Gasteiger partial charge in [0.15, 0.2) is 12.4 Å². The fraction of sp³-hybridized carbons (Fsp3) is 0.0870. The van der Waals surface area contributed by atoms with E-state index in [-0.39, 0.29) is 24.8 Å². The predicted molar refractivity (Wildman–Crippen MR) is 124 cm³/mol. The number of ether oxygens (including phenoxy) is 1. The number of Topliss-reactive ketones (excluding diaryl/α,β-unsaturated/α-hetero) is 1. The number of thiazole rings is 1. The minimum Gasteiger partial charge on any atom is -0.482 e. The number of thiophene rings is 1. The lowest BCUT2D eigenvalue weighted by atomic mass is 10.1. The number of benzene rings is 2. The molecule has 2 aromatic carbocycles. The Bertz CT molecular complexity index is 1280. The van der Waals surface area contributed by atoms with Crippen LogP contribution in [-0.4, -0.2) is 29.8 Å². The van der Waals surface area contributed by atoms with Crippen LogP contribution in [0.15, 0.2) is 65.4 Å². The third kappa shape index (κ3) is 3.87. The second kappa shape index (κ2) is 8.26. The molecule has 154 valence electrons. The van der Waals surface area contributed by atoms with E-state index in [9.17, 15) is 9.59 Å². The van der Waals surface area contributed by atoms with Crippen molar-refractivity contribution in [3.05, 3.63) is 75.3 Å². The number of aromatic nitrogens is 1. The summed E-state index contributed by atoms with van der Waals surface area (Å²) in [6.45, 7) is -0.113. The Morgan fingerprint density at radius 3 is 2.81 bits per heavy atom. The molecule has 0 N–H and O–H groups in total. The summed E-state index contributed by atoms with van der Waals surface area (Å²) in [6, 6.07) is 16.7. The molecule has 2 aromatic heterocycles. The zero-order valence-corrected chi connectivity index (χ0v) is 18.5. The molecule has 1 aliphatic heterocycles. The highest BCUT2D eigenvalue weighted by atomic mass is 35.5. The van der Waals surface area contributed by atoms with E-state index >= 15 is 0 Å². The van der Waals surface area contributed by atoms with Gasteiger partial charge in [0.2, 0.25) is 0 Å². The number of rotatable bonds is 5. The normalized spacial score (nSPS) is 13.1. The molecule has 1 aliphatic rings. The third-order valence-corrected chi connectivity index (χ3v) is 7.02. The Labute approximate surface area is 191 Å². The van der Waals surface area contributed by atoms with Gasteiger partial charge < -0.3 is 4.74 Å². The van der Waals surface area contributed by atoms with Crippen molar-refractivity contribution in [1.29, 1.82) is 0 Å². The second-order valence-corrected chi connectivity index (χ2v) is 9.08. The van der Waals surface area contributed by atoms with Crippen molar-refractivity contribution in [2.45, 2.75) is 0 Å². The Balaban J connectivity index is 1.48. The van der Waals surface area contributed by atoms with Crippen LogP contribution in [0.1, 0.15) is 9.67 Å². The molecule has 5 nitrogen and oxygen atoms in total. The number of hydrogen-bond donors (Lipinski definition) is 0. The maximum atomic E-state index is 12.6. The first-order valence-corrected chi connectivity index (χ1v) is 11.6. The zero-order chi connectivity index (χ0) is 21.4. The molecule has 0 bridgehead atoms. The minimum atomic E-state index is -0.246. The van der Waals surface area contributed by atoms with Crippen molar-refractivity contribution in [1.82, 2.24) is 4.98 Å².